The largest absolute Gasteiger partial charge is 0.453 e. The van der Waals surface area contributed by atoms with Crippen molar-refractivity contribution in [2.24, 2.45) is 0 Å². The fourth-order valence-corrected chi connectivity index (χ4v) is 2.15. The van der Waals surface area contributed by atoms with Crippen LogP contribution >= 0.6 is 0 Å². The van der Waals surface area contributed by atoms with Crippen LogP contribution in [0.25, 0.3) is 0 Å². The average Bonchev–Trinajstić information content (AvgIpc) is 2.79. The zero-order valence-electron chi connectivity index (χ0n) is 9.62. The Morgan fingerprint density at radius 2 is 2.27 bits per heavy atom. The molecule has 3 nitrogen and oxygen atoms in total. The maximum absolute atomic E-state index is 11.3. The van der Waals surface area contributed by atoms with E-state index >= 15 is 0 Å². The van der Waals surface area contributed by atoms with Crippen molar-refractivity contribution in [1.82, 2.24) is 0 Å². The minimum atomic E-state index is -0.457. The van der Waals surface area contributed by atoms with Crippen LogP contribution in [0.1, 0.15) is 39.5 Å². The number of rotatable bonds is 5. The van der Waals surface area contributed by atoms with Gasteiger partial charge in [0.25, 0.3) is 0 Å². The highest BCUT2D eigenvalue weighted by atomic mass is 16.6. The van der Waals surface area contributed by atoms with Crippen LogP contribution in [0.4, 0.5) is 0 Å². The Hall–Kier alpha value is -0.830. The predicted molar refractivity (Wildman–Crippen MR) is 58.6 cm³/mol. The van der Waals surface area contributed by atoms with Gasteiger partial charge in [-0.15, -0.1) is 0 Å². The van der Waals surface area contributed by atoms with Crippen LogP contribution in [0.2, 0.25) is 0 Å². The van der Waals surface area contributed by atoms with Gasteiger partial charge in [0.05, 0.1) is 6.10 Å². The number of carbonyl (C=O) groups is 1. The van der Waals surface area contributed by atoms with Crippen LogP contribution in [0.15, 0.2) is 12.7 Å². The molecule has 0 bridgehead atoms. The number of ether oxygens (including phenoxy) is 2. The summed E-state index contributed by atoms with van der Waals surface area (Å²) in [5, 5.41) is 0. The number of hydrogen-bond acceptors (Lipinski definition) is 3. The van der Waals surface area contributed by atoms with Gasteiger partial charge in [-0.05, 0) is 25.7 Å². The number of carbonyl (C=O) groups excluding carboxylic acids is 1. The Balaban J connectivity index is 2.75. The van der Waals surface area contributed by atoms with E-state index in [4.69, 9.17) is 9.47 Å². The highest BCUT2D eigenvalue weighted by Gasteiger charge is 2.41. The van der Waals surface area contributed by atoms with Crippen molar-refractivity contribution in [3.05, 3.63) is 12.7 Å². The molecule has 1 aliphatic heterocycles. The Morgan fingerprint density at radius 3 is 2.67 bits per heavy atom. The Kier molecular flexibility index (Phi) is 4.33. The molecule has 1 rings (SSSR count). The summed E-state index contributed by atoms with van der Waals surface area (Å²) in [6, 6.07) is 0. The minimum Gasteiger partial charge on any atom is -0.453 e. The fourth-order valence-electron chi connectivity index (χ4n) is 2.15. The van der Waals surface area contributed by atoms with Crippen LogP contribution < -0.4 is 0 Å². The van der Waals surface area contributed by atoms with Crippen molar-refractivity contribution in [3.8, 4) is 0 Å². The second-order valence-electron chi connectivity index (χ2n) is 3.90. The van der Waals surface area contributed by atoms with Gasteiger partial charge in [-0.25, -0.2) is 4.79 Å². The van der Waals surface area contributed by atoms with Crippen LogP contribution in [-0.4, -0.2) is 24.3 Å². The van der Waals surface area contributed by atoms with Crippen LogP contribution in [0, 0.1) is 0 Å². The third-order valence-corrected chi connectivity index (χ3v) is 3.18. The van der Waals surface area contributed by atoms with Gasteiger partial charge >= 0.3 is 5.97 Å². The van der Waals surface area contributed by atoms with Crippen molar-refractivity contribution in [2.75, 3.05) is 6.61 Å². The third-order valence-electron chi connectivity index (χ3n) is 3.18. The van der Waals surface area contributed by atoms with Crippen LogP contribution in [-0.2, 0) is 14.3 Å². The maximum Gasteiger partial charge on any atom is 0.330 e. The predicted octanol–water partition coefficient (Wildman–Crippen LogP) is 2.45. The van der Waals surface area contributed by atoms with E-state index < -0.39 is 5.60 Å². The minimum absolute atomic E-state index is 0.0522. The first-order chi connectivity index (χ1) is 7.18. The van der Waals surface area contributed by atoms with E-state index in [0.717, 1.165) is 32.3 Å². The molecule has 15 heavy (non-hydrogen) atoms. The van der Waals surface area contributed by atoms with Crippen LogP contribution in [0.3, 0.4) is 0 Å². The summed E-state index contributed by atoms with van der Waals surface area (Å²) < 4.78 is 11.1. The lowest BCUT2D eigenvalue weighted by atomic mass is 9.88. The smallest absolute Gasteiger partial charge is 0.330 e. The van der Waals surface area contributed by atoms with Gasteiger partial charge in [-0.2, -0.15) is 0 Å². The molecule has 0 saturated carbocycles. The molecular formula is C12H20O3. The summed E-state index contributed by atoms with van der Waals surface area (Å²) in [7, 11) is 0. The second kappa shape index (κ2) is 5.31. The van der Waals surface area contributed by atoms with Gasteiger partial charge in [0.1, 0.15) is 5.60 Å². The molecule has 0 aromatic heterocycles. The van der Waals surface area contributed by atoms with E-state index in [2.05, 4.69) is 6.58 Å². The molecule has 1 heterocycles. The molecule has 86 valence electrons. The third kappa shape index (κ3) is 2.59. The van der Waals surface area contributed by atoms with Crippen molar-refractivity contribution < 1.29 is 14.3 Å². The summed E-state index contributed by atoms with van der Waals surface area (Å²) in [5.74, 6) is -0.353. The van der Waals surface area contributed by atoms with Gasteiger partial charge in [-0.1, -0.05) is 20.4 Å². The highest BCUT2D eigenvalue weighted by molar-refractivity contribution is 5.81. The monoisotopic (exact) mass is 212 g/mol. The lowest BCUT2D eigenvalue weighted by Gasteiger charge is -2.35. The lowest BCUT2D eigenvalue weighted by Crippen LogP contribution is -2.45. The molecule has 3 heteroatoms. The fraction of sp³-hybridized carbons (Fsp3) is 0.750. The molecule has 1 fully saturated rings. The first kappa shape index (κ1) is 12.2. The summed E-state index contributed by atoms with van der Waals surface area (Å²) in [5.41, 5.74) is -0.457. The molecular weight excluding hydrogens is 192 g/mol. The molecule has 0 amide bonds. The first-order valence-corrected chi connectivity index (χ1v) is 5.65. The molecule has 0 aliphatic carbocycles. The Morgan fingerprint density at radius 1 is 1.60 bits per heavy atom. The van der Waals surface area contributed by atoms with Crippen LogP contribution in [0.5, 0.6) is 0 Å². The molecule has 1 saturated heterocycles. The molecule has 1 unspecified atom stereocenters. The van der Waals surface area contributed by atoms with E-state index in [-0.39, 0.29) is 12.1 Å². The second-order valence-corrected chi connectivity index (χ2v) is 3.90. The quantitative estimate of drug-likeness (QED) is 0.518. The average molecular weight is 212 g/mol. The Labute approximate surface area is 91.4 Å². The van der Waals surface area contributed by atoms with E-state index in [1.54, 1.807) is 0 Å². The zero-order chi connectivity index (χ0) is 11.3. The Bertz CT molecular complexity index is 225. The molecule has 0 spiro atoms. The van der Waals surface area contributed by atoms with Gasteiger partial charge in [-0.3, -0.25) is 0 Å². The standard InChI is InChI=1S/C12H20O3/c1-4-11(13)15-12(5-2,6-3)10-8-7-9-14-10/h4,10H,1,5-9H2,2-3H3. The summed E-state index contributed by atoms with van der Waals surface area (Å²) >= 11 is 0. The number of esters is 1. The summed E-state index contributed by atoms with van der Waals surface area (Å²) in [6.07, 6.45) is 4.87. The van der Waals surface area contributed by atoms with Crippen molar-refractivity contribution in [1.29, 1.82) is 0 Å². The maximum atomic E-state index is 11.3. The van der Waals surface area contributed by atoms with E-state index in [1.807, 2.05) is 13.8 Å². The zero-order valence-corrected chi connectivity index (χ0v) is 9.62. The van der Waals surface area contributed by atoms with Gasteiger partial charge in [0, 0.05) is 12.7 Å². The molecule has 1 aliphatic rings. The van der Waals surface area contributed by atoms with Gasteiger partial charge in [0.15, 0.2) is 0 Å². The lowest BCUT2D eigenvalue weighted by molar-refractivity contribution is -0.170. The SMILES string of the molecule is C=CC(=O)OC(CC)(CC)C1CCCO1. The normalized spacial score (nSPS) is 21.3. The van der Waals surface area contributed by atoms with E-state index in [0.29, 0.717) is 0 Å². The summed E-state index contributed by atoms with van der Waals surface area (Å²) in [4.78, 5) is 11.3. The van der Waals surface area contributed by atoms with E-state index in [1.165, 1.54) is 6.08 Å². The molecule has 0 aromatic carbocycles. The molecule has 0 N–H and O–H groups in total. The van der Waals surface area contributed by atoms with Crippen molar-refractivity contribution in [2.45, 2.75) is 51.2 Å². The number of hydrogen-bond donors (Lipinski definition) is 0. The molecule has 0 radical (unpaired) electrons. The topological polar surface area (TPSA) is 35.5 Å². The van der Waals surface area contributed by atoms with E-state index in [9.17, 15) is 4.79 Å². The summed E-state index contributed by atoms with van der Waals surface area (Å²) in [6.45, 7) is 8.26. The van der Waals surface area contributed by atoms with Gasteiger partial charge in [0.2, 0.25) is 0 Å². The molecule has 1 atom stereocenters. The molecule has 0 aromatic rings. The highest BCUT2D eigenvalue weighted by Crippen LogP contribution is 2.33. The van der Waals surface area contributed by atoms with Gasteiger partial charge < -0.3 is 9.47 Å². The first-order valence-electron chi connectivity index (χ1n) is 5.65. The van der Waals surface area contributed by atoms with Crippen molar-refractivity contribution >= 4 is 5.97 Å². The van der Waals surface area contributed by atoms with Crippen molar-refractivity contribution in [3.63, 3.8) is 0 Å².